The summed E-state index contributed by atoms with van der Waals surface area (Å²) >= 11 is 0. The highest BCUT2D eigenvalue weighted by Crippen LogP contribution is 2.35. The van der Waals surface area contributed by atoms with Gasteiger partial charge < -0.3 is 5.32 Å². The molecule has 0 spiro atoms. The number of hydrogen-bond donors (Lipinski definition) is 1. The predicted octanol–water partition coefficient (Wildman–Crippen LogP) is 2.94. The van der Waals surface area contributed by atoms with Gasteiger partial charge in [0.2, 0.25) is 0 Å². The fourth-order valence-corrected chi connectivity index (χ4v) is 2.64. The minimum absolute atomic E-state index is 0.0273. The highest BCUT2D eigenvalue weighted by molar-refractivity contribution is 7.92. The van der Waals surface area contributed by atoms with Crippen LogP contribution in [-0.2, 0) is 9.84 Å². The Hall–Kier alpha value is -1.24. The van der Waals surface area contributed by atoms with Crippen LogP contribution < -0.4 is 5.32 Å². The Kier molecular flexibility index (Phi) is 3.27. The fourth-order valence-electron chi connectivity index (χ4n) is 1.72. The van der Waals surface area contributed by atoms with Gasteiger partial charge in [-0.2, -0.15) is 13.2 Å². The topological polar surface area (TPSA) is 46.2 Å². The number of nitrogens with one attached hydrogen (secondary N) is 1. The lowest BCUT2D eigenvalue weighted by Gasteiger charge is -2.28. The lowest BCUT2D eigenvalue weighted by Crippen LogP contribution is -2.29. The lowest BCUT2D eigenvalue weighted by atomic mass is 9.93. The first kappa shape index (κ1) is 13.2. The minimum atomic E-state index is -5.30. The van der Waals surface area contributed by atoms with Gasteiger partial charge in [0.1, 0.15) is 0 Å². The van der Waals surface area contributed by atoms with Crippen LogP contribution in [0.1, 0.15) is 19.3 Å². The minimum Gasteiger partial charge on any atom is -0.381 e. The Labute approximate surface area is 103 Å². The summed E-state index contributed by atoms with van der Waals surface area (Å²) in [6.07, 6.45) is 2.70. The standard InChI is InChI=1S/C11H12F3NO2S/c12-11(13,14)18(16,17)10-7-2-1-6-9(10)15-8-4-3-5-8/h1-2,6-8,15H,3-5H2. The van der Waals surface area contributed by atoms with E-state index in [1.165, 1.54) is 18.2 Å². The van der Waals surface area contributed by atoms with Crippen LogP contribution in [0.15, 0.2) is 29.2 Å². The van der Waals surface area contributed by atoms with E-state index in [2.05, 4.69) is 5.32 Å². The van der Waals surface area contributed by atoms with Gasteiger partial charge in [0.15, 0.2) is 0 Å². The molecule has 2 rings (SSSR count). The van der Waals surface area contributed by atoms with Crippen molar-refractivity contribution in [2.45, 2.75) is 35.7 Å². The van der Waals surface area contributed by atoms with E-state index >= 15 is 0 Å². The van der Waals surface area contributed by atoms with Crippen LogP contribution in [0.3, 0.4) is 0 Å². The Morgan fingerprint density at radius 3 is 2.28 bits per heavy atom. The van der Waals surface area contributed by atoms with Crippen LogP contribution in [-0.4, -0.2) is 20.0 Å². The van der Waals surface area contributed by atoms with Gasteiger partial charge in [-0.25, -0.2) is 8.42 Å². The van der Waals surface area contributed by atoms with Crippen LogP contribution in [0.25, 0.3) is 0 Å². The molecule has 1 aromatic carbocycles. The molecule has 0 atom stereocenters. The molecule has 0 amide bonds. The van der Waals surface area contributed by atoms with Crippen molar-refractivity contribution >= 4 is 15.5 Å². The quantitative estimate of drug-likeness (QED) is 0.925. The summed E-state index contributed by atoms with van der Waals surface area (Å²) in [6, 6.07) is 5.19. The van der Waals surface area contributed by atoms with Crippen molar-refractivity contribution < 1.29 is 21.6 Å². The molecule has 0 heterocycles. The third-order valence-electron chi connectivity index (χ3n) is 2.95. The van der Waals surface area contributed by atoms with E-state index in [9.17, 15) is 21.6 Å². The Bertz CT molecular complexity index is 535. The van der Waals surface area contributed by atoms with E-state index in [1.807, 2.05) is 0 Å². The largest absolute Gasteiger partial charge is 0.501 e. The van der Waals surface area contributed by atoms with E-state index in [1.54, 1.807) is 0 Å². The number of sulfone groups is 1. The maximum atomic E-state index is 12.5. The molecule has 0 aliphatic heterocycles. The monoisotopic (exact) mass is 279 g/mol. The zero-order valence-corrected chi connectivity index (χ0v) is 10.2. The molecular formula is C11H12F3NO2S. The highest BCUT2D eigenvalue weighted by Gasteiger charge is 2.48. The second-order valence-corrected chi connectivity index (χ2v) is 6.13. The molecule has 0 bridgehead atoms. The summed E-state index contributed by atoms with van der Waals surface area (Å²) in [4.78, 5) is -0.704. The van der Waals surface area contributed by atoms with Gasteiger partial charge in [0.05, 0.1) is 10.6 Å². The Balaban J connectivity index is 2.38. The first-order valence-electron chi connectivity index (χ1n) is 5.49. The van der Waals surface area contributed by atoms with Crippen molar-refractivity contribution in [3.63, 3.8) is 0 Å². The SMILES string of the molecule is O=S(=O)(c1ccccc1NC1CCC1)C(F)(F)F. The molecule has 0 unspecified atom stereocenters. The molecule has 3 nitrogen and oxygen atoms in total. The van der Waals surface area contributed by atoms with E-state index in [4.69, 9.17) is 0 Å². The van der Waals surface area contributed by atoms with E-state index < -0.39 is 20.2 Å². The smallest absolute Gasteiger partial charge is 0.381 e. The number of halogens is 3. The summed E-state index contributed by atoms with van der Waals surface area (Å²) in [7, 11) is -5.30. The fraction of sp³-hybridized carbons (Fsp3) is 0.455. The van der Waals surface area contributed by atoms with Gasteiger partial charge in [0, 0.05) is 6.04 Å². The van der Waals surface area contributed by atoms with Crippen molar-refractivity contribution in [3.05, 3.63) is 24.3 Å². The Morgan fingerprint density at radius 2 is 1.78 bits per heavy atom. The molecule has 1 aliphatic carbocycles. The summed E-state index contributed by atoms with van der Waals surface area (Å²) in [5, 5.41) is 2.85. The third-order valence-corrected chi connectivity index (χ3v) is 4.49. The molecular weight excluding hydrogens is 267 g/mol. The molecule has 0 radical (unpaired) electrons. The molecule has 100 valence electrons. The maximum absolute atomic E-state index is 12.5. The van der Waals surface area contributed by atoms with Crippen LogP contribution in [0, 0.1) is 0 Å². The molecule has 7 heteroatoms. The van der Waals surface area contributed by atoms with Crippen molar-refractivity contribution in [1.82, 2.24) is 0 Å². The van der Waals surface area contributed by atoms with Crippen molar-refractivity contribution in [1.29, 1.82) is 0 Å². The molecule has 0 saturated heterocycles. The molecule has 0 aromatic heterocycles. The predicted molar refractivity (Wildman–Crippen MR) is 60.9 cm³/mol. The summed E-state index contributed by atoms with van der Waals surface area (Å²) < 4.78 is 60.3. The zero-order valence-electron chi connectivity index (χ0n) is 9.37. The molecule has 1 N–H and O–H groups in total. The average Bonchev–Trinajstić information content (AvgIpc) is 2.22. The average molecular weight is 279 g/mol. The molecule has 1 fully saturated rings. The van der Waals surface area contributed by atoms with Crippen LogP contribution in [0.4, 0.5) is 18.9 Å². The van der Waals surface area contributed by atoms with Crippen LogP contribution in [0.5, 0.6) is 0 Å². The molecule has 1 saturated carbocycles. The van der Waals surface area contributed by atoms with Crippen molar-refractivity contribution in [3.8, 4) is 0 Å². The zero-order chi connectivity index (χ0) is 13.4. The van der Waals surface area contributed by atoms with Crippen LogP contribution >= 0.6 is 0 Å². The second kappa shape index (κ2) is 4.46. The van der Waals surface area contributed by atoms with Gasteiger partial charge in [-0.1, -0.05) is 12.1 Å². The molecule has 1 aromatic rings. The van der Waals surface area contributed by atoms with Crippen molar-refractivity contribution in [2.24, 2.45) is 0 Å². The Morgan fingerprint density at radius 1 is 1.17 bits per heavy atom. The molecule has 18 heavy (non-hydrogen) atoms. The third kappa shape index (κ3) is 2.31. The summed E-state index contributed by atoms with van der Waals surface area (Å²) in [5.41, 5.74) is -5.25. The van der Waals surface area contributed by atoms with Gasteiger partial charge in [-0.15, -0.1) is 0 Å². The number of benzene rings is 1. The van der Waals surface area contributed by atoms with Gasteiger partial charge >= 0.3 is 5.51 Å². The highest BCUT2D eigenvalue weighted by atomic mass is 32.2. The summed E-state index contributed by atoms with van der Waals surface area (Å²) in [6.45, 7) is 0. The number of para-hydroxylation sites is 1. The van der Waals surface area contributed by atoms with Gasteiger partial charge in [-0.05, 0) is 31.4 Å². The van der Waals surface area contributed by atoms with E-state index in [-0.39, 0.29) is 11.7 Å². The summed E-state index contributed by atoms with van der Waals surface area (Å²) in [5.74, 6) is 0. The second-order valence-electron chi connectivity index (χ2n) is 4.22. The first-order valence-corrected chi connectivity index (χ1v) is 6.97. The lowest BCUT2D eigenvalue weighted by molar-refractivity contribution is -0.0435. The van der Waals surface area contributed by atoms with Gasteiger partial charge in [-0.3, -0.25) is 0 Å². The number of rotatable bonds is 3. The first-order chi connectivity index (χ1) is 8.32. The van der Waals surface area contributed by atoms with E-state index in [0.29, 0.717) is 0 Å². The number of anilines is 1. The van der Waals surface area contributed by atoms with Crippen LogP contribution in [0.2, 0.25) is 0 Å². The number of alkyl halides is 3. The van der Waals surface area contributed by atoms with Crippen molar-refractivity contribution in [2.75, 3.05) is 5.32 Å². The van der Waals surface area contributed by atoms with Gasteiger partial charge in [0.25, 0.3) is 9.84 Å². The number of hydrogen-bond acceptors (Lipinski definition) is 3. The van der Waals surface area contributed by atoms with E-state index in [0.717, 1.165) is 25.3 Å². The normalized spacial score (nSPS) is 17.3. The molecule has 1 aliphatic rings. The maximum Gasteiger partial charge on any atom is 0.501 e.